The zero-order chi connectivity index (χ0) is 9.61. The molecule has 0 aromatic heterocycles. The Balaban J connectivity index is 0. The average molecular weight is 248 g/mol. The SMILES string of the molecule is CC(C)CCCCCP(=O)([O-])[O-].[Fe+2]. The predicted molar refractivity (Wildman–Crippen MR) is 45.8 cm³/mol. The van der Waals surface area contributed by atoms with Crippen molar-refractivity contribution in [3.63, 3.8) is 0 Å². The van der Waals surface area contributed by atoms with E-state index in [0.29, 0.717) is 12.3 Å². The third-order valence-corrected chi connectivity index (χ3v) is 2.58. The van der Waals surface area contributed by atoms with Crippen LogP contribution in [0, 0.1) is 5.92 Å². The topological polar surface area (TPSA) is 63.2 Å². The zero-order valence-corrected chi connectivity index (χ0v) is 10.1. The van der Waals surface area contributed by atoms with Crippen molar-refractivity contribution in [2.45, 2.75) is 39.5 Å². The Morgan fingerprint density at radius 3 is 2.08 bits per heavy atom. The molecule has 0 unspecified atom stereocenters. The first-order valence-electron chi connectivity index (χ1n) is 4.43. The van der Waals surface area contributed by atoms with Gasteiger partial charge >= 0.3 is 17.1 Å². The van der Waals surface area contributed by atoms with Crippen LogP contribution in [0.15, 0.2) is 0 Å². The van der Waals surface area contributed by atoms with Crippen molar-refractivity contribution in [1.82, 2.24) is 0 Å². The molecule has 13 heavy (non-hydrogen) atoms. The van der Waals surface area contributed by atoms with Crippen molar-refractivity contribution in [3.05, 3.63) is 0 Å². The number of hydrogen-bond donors (Lipinski definition) is 0. The van der Waals surface area contributed by atoms with Crippen LogP contribution in [-0.4, -0.2) is 6.16 Å². The van der Waals surface area contributed by atoms with Crippen LogP contribution < -0.4 is 9.79 Å². The maximum atomic E-state index is 10.2. The molecule has 0 aliphatic carbocycles. The van der Waals surface area contributed by atoms with Crippen molar-refractivity contribution >= 4 is 7.60 Å². The molecule has 0 spiro atoms. The minimum atomic E-state index is -4.23. The van der Waals surface area contributed by atoms with E-state index in [9.17, 15) is 14.4 Å². The Bertz CT molecular complexity index is 155. The quantitative estimate of drug-likeness (QED) is 0.402. The molecule has 0 saturated carbocycles. The molecule has 0 aromatic carbocycles. The minimum absolute atomic E-state index is 0. The Morgan fingerprint density at radius 2 is 1.69 bits per heavy atom. The van der Waals surface area contributed by atoms with Crippen LogP contribution in [0.25, 0.3) is 0 Å². The summed E-state index contributed by atoms with van der Waals surface area (Å²) in [4.78, 5) is 20.4. The van der Waals surface area contributed by atoms with E-state index in [2.05, 4.69) is 13.8 Å². The first-order chi connectivity index (χ1) is 5.42. The van der Waals surface area contributed by atoms with Crippen LogP contribution in [-0.2, 0) is 21.6 Å². The molecule has 5 heteroatoms. The van der Waals surface area contributed by atoms with Gasteiger partial charge in [-0.15, -0.1) is 0 Å². The van der Waals surface area contributed by atoms with Crippen LogP contribution in [0.4, 0.5) is 0 Å². The third kappa shape index (κ3) is 15.4. The van der Waals surface area contributed by atoms with Crippen LogP contribution in [0.1, 0.15) is 39.5 Å². The van der Waals surface area contributed by atoms with E-state index in [4.69, 9.17) is 0 Å². The summed E-state index contributed by atoms with van der Waals surface area (Å²) in [6, 6.07) is 0. The summed E-state index contributed by atoms with van der Waals surface area (Å²) in [7, 11) is -4.23. The van der Waals surface area contributed by atoms with Gasteiger partial charge in [-0.1, -0.05) is 40.7 Å². The van der Waals surface area contributed by atoms with Gasteiger partial charge in [0.2, 0.25) is 0 Å². The summed E-state index contributed by atoms with van der Waals surface area (Å²) in [5.41, 5.74) is 0. The normalized spacial score (nSPS) is 11.5. The molecule has 0 radical (unpaired) electrons. The molecule has 0 amide bonds. The summed E-state index contributed by atoms with van der Waals surface area (Å²) in [5, 5.41) is 0. The maximum Gasteiger partial charge on any atom is 2.00 e. The van der Waals surface area contributed by atoms with Crippen LogP contribution in [0.5, 0.6) is 0 Å². The van der Waals surface area contributed by atoms with Gasteiger partial charge in [0, 0.05) is 0 Å². The second-order valence-electron chi connectivity index (χ2n) is 3.58. The summed E-state index contributed by atoms with van der Waals surface area (Å²) in [6.07, 6.45) is 3.34. The second-order valence-corrected chi connectivity index (χ2v) is 5.25. The average Bonchev–Trinajstić information content (AvgIpc) is 1.83. The largest absolute Gasteiger partial charge is 2.00 e. The van der Waals surface area contributed by atoms with Crippen LogP contribution in [0.2, 0.25) is 0 Å². The minimum Gasteiger partial charge on any atom is -0.811 e. The van der Waals surface area contributed by atoms with Crippen molar-refractivity contribution in [2.24, 2.45) is 5.92 Å². The van der Waals surface area contributed by atoms with Gasteiger partial charge in [0.1, 0.15) is 0 Å². The molecule has 3 nitrogen and oxygen atoms in total. The molecule has 0 bridgehead atoms. The van der Waals surface area contributed by atoms with E-state index in [0.717, 1.165) is 19.3 Å². The van der Waals surface area contributed by atoms with Gasteiger partial charge in [-0.2, -0.15) is 0 Å². The van der Waals surface area contributed by atoms with Crippen LogP contribution >= 0.6 is 7.60 Å². The van der Waals surface area contributed by atoms with Gasteiger partial charge in [-0.25, -0.2) is 0 Å². The molecule has 0 N–H and O–H groups in total. The van der Waals surface area contributed by atoms with Gasteiger partial charge in [0.15, 0.2) is 0 Å². The number of hydrogen-bond acceptors (Lipinski definition) is 3. The Hall–Kier alpha value is 0.669. The third-order valence-electron chi connectivity index (χ3n) is 1.71. The van der Waals surface area contributed by atoms with Gasteiger partial charge in [0.05, 0.1) is 0 Å². The molecular formula is C8H17FeO3P. The Kier molecular flexibility index (Phi) is 9.94. The Labute approximate surface area is 90.9 Å². The van der Waals surface area contributed by atoms with Gasteiger partial charge in [0.25, 0.3) is 0 Å². The van der Waals surface area contributed by atoms with E-state index < -0.39 is 7.60 Å². The summed E-state index contributed by atoms with van der Waals surface area (Å²) in [6.45, 7) is 4.26. The van der Waals surface area contributed by atoms with E-state index in [1.165, 1.54) is 0 Å². The summed E-state index contributed by atoms with van der Waals surface area (Å²) >= 11 is 0. The molecule has 0 rings (SSSR count). The monoisotopic (exact) mass is 248 g/mol. The smallest absolute Gasteiger partial charge is 0.811 e. The van der Waals surface area contributed by atoms with Gasteiger partial charge in [-0.05, 0) is 18.5 Å². The number of unbranched alkanes of at least 4 members (excludes halogenated alkanes) is 2. The summed E-state index contributed by atoms with van der Waals surface area (Å²) < 4.78 is 10.2. The fourth-order valence-electron chi connectivity index (χ4n) is 1.03. The van der Waals surface area contributed by atoms with Crippen molar-refractivity contribution in [2.75, 3.05) is 6.16 Å². The molecule has 0 fully saturated rings. The number of rotatable bonds is 6. The maximum absolute atomic E-state index is 10.2. The molecule has 0 aromatic rings. The predicted octanol–water partition coefficient (Wildman–Crippen LogP) is 1.11. The molecule has 0 aliphatic rings. The van der Waals surface area contributed by atoms with Crippen molar-refractivity contribution < 1.29 is 31.4 Å². The van der Waals surface area contributed by atoms with Crippen molar-refractivity contribution in [3.8, 4) is 0 Å². The molecule has 80 valence electrons. The standard InChI is InChI=1S/C8H19O3P.Fe/c1-8(2)6-4-3-5-7-12(9,10)11;/h8H,3-7H2,1-2H3,(H2,9,10,11);/q;+2/p-2. The van der Waals surface area contributed by atoms with Gasteiger partial charge < -0.3 is 14.4 Å². The van der Waals surface area contributed by atoms with Crippen molar-refractivity contribution in [1.29, 1.82) is 0 Å². The zero-order valence-electron chi connectivity index (χ0n) is 8.14. The van der Waals surface area contributed by atoms with E-state index in [1.54, 1.807) is 0 Å². The molecule has 0 heterocycles. The molecule has 0 atom stereocenters. The molecule has 0 saturated heterocycles. The van der Waals surface area contributed by atoms with Crippen LogP contribution in [0.3, 0.4) is 0 Å². The van der Waals surface area contributed by atoms with E-state index >= 15 is 0 Å². The molecule has 0 aliphatic heterocycles. The van der Waals surface area contributed by atoms with E-state index in [1.807, 2.05) is 0 Å². The fourth-order valence-corrected chi connectivity index (χ4v) is 1.65. The molecular weight excluding hydrogens is 231 g/mol. The fraction of sp³-hybridized carbons (Fsp3) is 1.00. The second kappa shape index (κ2) is 8.02. The first-order valence-corrected chi connectivity index (χ1v) is 6.15. The van der Waals surface area contributed by atoms with E-state index in [-0.39, 0.29) is 23.2 Å². The summed E-state index contributed by atoms with van der Waals surface area (Å²) in [5.74, 6) is 0.663. The van der Waals surface area contributed by atoms with Gasteiger partial charge in [-0.3, -0.25) is 0 Å². The first kappa shape index (κ1) is 16.1. The Morgan fingerprint density at radius 1 is 1.15 bits per heavy atom.